The number of thiazole rings is 1. The van der Waals surface area contributed by atoms with Crippen LogP contribution in [0.25, 0.3) is 10.6 Å². The van der Waals surface area contributed by atoms with E-state index in [1.807, 2.05) is 17.5 Å². The Kier molecular flexibility index (Phi) is 4.96. The second-order valence-corrected chi connectivity index (χ2v) is 8.27. The minimum Gasteiger partial charge on any atom is -0.439 e. The van der Waals surface area contributed by atoms with E-state index in [4.69, 9.17) is 9.72 Å². The van der Waals surface area contributed by atoms with E-state index in [2.05, 4.69) is 20.8 Å². The van der Waals surface area contributed by atoms with Gasteiger partial charge in [-0.3, -0.25) is 13.9 Å². The molecule has 2 heterocycles. The molecule has 0 saturated carbocycles. The van der Waals surface area contributed by atoms with Crippen LogP contribution in [-0.2, 0) is 19.5 Å². The number of benzene rings is 1. The summed E-state index contributed by atoms with van der Waals surface area (Å²) >= 11 is 1.53. The molecule has 0 aliphatic rings. The number of rotatable bonds is 3. The van der Waals surface area contributed by atoms with Gasteiger partial charge in [0, 0.05) is 30.5 Å². The number of ether oxygens (including phenoxy) is 1. The van der Waals surface area contributed by atoms with Crippen molar-refractivity contribution in [3.63, 3.8) is 0 Å². The van der Waals surface area contributed by atoms with Crippen LogP contribution >= 0.6 is 11.3 Å². The third kappa shape index (κ3) is 3.49. The summed E-state index contributed by atoms with van der Waals surface area (Å²) in [6, 6.07) is 9.01. The highest BCUT2D eigenvalue weighted by Crippen LogP contribution is 2.32. The van der Waals surface area contributed by atoms with Gasteiger partial charge in [-0.1, -0.05) is 32.9 Å². The van der Waals surface area contributed by atoms with Crippen molar-refractivity contribution in [2.45, 2.75) is 26.2 Å². The van der Waals surface area contributed by atoms with Crippen molar-refractivity contribution in [1.29, 1.82) is 5.26 Å². The normalized spacial score (nSPS) is 11.3. The number of hydrogen-bond acceptors (Lipinski definition) is 6. The zero-order valence-electron chi connectivity index (χ0n) is 16.3. The molecular weight excluding hydrogens is 376 g/mol. The number of nitrogens with zero attached hydrogens (tertiary/aromatic N) is 4. The average Bonchev–Trinajstić information content (AvgIpc) is 3.16. The molecule has 0 N–H and O–H groups in total. The zero-order chi connectivity index (χ0) is 20.6. The van der Waals surface area contributed by atoms with Crippen LogP contribution in [0, 0.1) is 11.3 Å². The van der Waals surface area contributed by atoms with Crippen molar-refractivity contribution in [3.05, 3.63) is 61.7 Å². The first-order chi connectivity index (χ1) is 13.1. The van der Waals surface area contributed by atoms with Crippen LogP contribution in [-0.4, -0.2) is 14.1 Å². The van der Waals surface area contributed by atoms with Gasteiger partial charge in [0.25, 0.3) is 5.56 Å². The Morgan fingerprint density at radius 2 is 1.89 bits per heavy atom. The summed E-state index contributed by atoms with van der Waals surface area (Å²) in [6.07, 6.45) is 0. The first kappa shape index (κ1) is 19.6. The SMILES string of the molecule is Cn1c(Oc2cccc(-c3nc(C(C)(C)C)cs3)c2)c(C#N)c(=O)n(C)c1=O. The standard InChI is InChI=1S/C20H20N4O3S/c1-20(2,3)15-11-28-16(22-15)12-7-6-8-13(9-12)27-18-14(10-21)17(25)23(4)19(26)24(18)5/h6-9,11H,1-5H3. The Morgan fingerprint density at radius 1 is 1.18 bits per heavy atom. The monoisotopic (exact) mass is 396 g/mol. The van der Waals surface area contributed by atoms with Crippen molar-refractivity contribution in [3.8, 4) is 28.3 Å². The fraction of sp³-hybridized carbons (Fsp3) is 0.300. The Morgan fingerprint density at radius 3 is 2.50 bits per heavy atom. The molecule has 0 unspecified atom stereocenters. The molecule has 0 amide bonds. The van der Waals surface area contributed by atoms with Gasteiger partial charge in [0.1, 0.15) is 16.8 Å². The Bertz CT molecular complexity index is 1210. The van der Waals surface area contributed by atoms with Crippen LogP contribution < -0.4 is 16.0 Å². The van der Waals surface area contributed by atoms with Crippen molar-refractivity contribution >= 4 is 11.3 Å². The fourth-order valence-electron chi connectivity index (χ4n) is 2.60. The maximum Gasteiger partial charge on any atom is 0.333 e. The third-order valence-electron chi connectivity index (χ3n) is 4.29. The lowest BCUT2D eigenvalue weighted by atomic mass is 9.93. The molecule has 0 spiro atoms. The summed E-state index contributed by atoms with van der Waals surface area (Å²) in [5.41, 5.74) is 0.327. The van der Waals surface area contributed by atoms with Crippen LogP contribution in [0.2, 0.25) is 0 Å². The molecule has 144 valence electrons. The van der Waals surface area contributed by atoms with Crippen LogP contribution in [0.5, 0.6) is 11.6 Å². The lowest BCUT2D eigenvalue weighted by molar-refractivity contribution is 0.421. The van der Waals surface area contributed by atoms with Crippen LogP contribution in [0.15, 0.2) is 39.2 Å². The summed E-state index contributed by atoms with van der Waals surface area (Å²) in [4.78, 5) is 29.1. The predicted molar refractivity (Wildman–Crippen MR) is 108 cm³/mol. The summed E-state index contributed by atoms with van der Waals surface area (Å²) in [5.74, 6) is 0.326. The quantitative estimate of drug-likeness (QED) is 0.678. The molecule has 0 fully saturated rings. The smallest absolute Gasteiger partial charge is 0.333 e. The van der Waals surface area contributed by atoms with Crippen LogP contribution in [0.3, 0.4) is 0 Å². The minimum atomic E-state index is -0.688. The Labute approximate surface area is 166 Å². The highest BCUT2D eigenvalue weighted by atomic mass is 32.1. The van der Waals surface area contributed by atoms with Gasteiger partial charge in [0.15, 0.2) is 5.56 Å². The van der Waals surface area contributed by atoms with Gasteiger partial charge in [0.05, 0.1) is 5.69 Å². The van der Waals surface area contributed by atoms with Gasteiger partial charge < -0.3 is 4.74 Å². The second-order valence-electron chi connectivity index (χ2n) is 7.42. The lowest BCUT2D eigenvalue weighted by Gasteiger charge is -2.14. The molecule has 0 radical (unpaired) electrons. The second kappa shape index (κ2) is 7.09. The van der Waals surface area contributed by atoms with Gasteiger partial charge in [-0.05, 0) is 12.1 Å². The van der Waals surface area contributed by atoms with Gasteiger partial charge in [-0.25, -0.2) is 9.78 Å². The highest BCUT2D eigenvalue weighted by Gasteiger charge is 2.19. The van der Waals surface area contributed by atoms with Crippen molar-refractivity contribution in [1.82, 2.24) is 14.1 Å². The molecule has 0 atom stereocenters. The molecule has 8 heteroatoms. The molecule has 7 nitrogen and oxygen atoms in total. The van der Waals surface area contributed by atoms with E-state index in [0.29, 0.717) is 5.75 Å². The van der Waals surface area contributed by atoms with E-state index in [9.17, 15) is 14.9 Å². The van der Waals surface area contributed by atoms with Crippen molar-refractivity contribution in [2.75, 3.05) is 0 Å². The highest BCUT2D eigenvalue weighted by molar-refractivity contribution is 7.13. The summed E-state index contributed by atoms with van der Waals surface area (Å²) in [6.45, 7) is 6.31. The van der Waals surface area contributed by atoms with E-state index < -0.39 is 11.2 Å². The average molecular weight is 396 g/mol. The fourth-order valence-corrected chi connectivity index (χ4v) is 3.64. The van der Waals surface area contributed by atoms with Gasteiger partial charge in [-0.2, -0.15) is 5.26 Å². The first-order valence-electron chi connectivity index (χ1n) is 8.58. The third-order valence-corrected chi connectivity index (χ3v) is 5.18. The van der Waals surface area contributed by atoms with Crippen LogP contribution in [0.4, 0.5) is 0 Å². The zero-order valence-corrected chi connectivity index (χ0v) is 17.1. The Balaban J connectivity index is 2.04. The van der Waals surface area contributed by atoms with E-state index in [1.54, 1.807) is 18.2 Å². The topological polar surface area (TPSA) is 89.9 Å². The summed E-state index contributed by atoms with van der Waals surface area (Å²) in [7, 11) is 2.78. The van der Waals surface area contributed by atoms with Gasteiger partial charge in [0.2, 0.25) is 5.88 Å². The maximum absolute atomic E-state index is 12.2. The van der Waals surface area contributed by atoms with E-state index in [1.165, 1.54) is 25.4 Å². The van der Waals surface area contributed by atoms with E-state index in [0.717, 1.165) is 25.4 Å². The molecule has 3 rings (SSSR count). The number of nitriles is 1. The molecule has 0 aliphatic carbocycles. The van der Waals surface area contributed by atoms with Gasteiger partial charge >= 0.3 is 5.69 Å². The van der Waals surface area contributed by atoms with Gasteiger partial charge in [-0.15, -0.1) is 11.3 Å². The number of aromatic nitrogens is 3. The lowest BCUT2D eigenvalue weighted by Crippen LogP contribution is -2.38. The number of hydrogen-bond donors (Lipinski definition) is 0. The van der Waals surface area contributed by atoms with Crippen molar-refractivity contribution in [2.24, 2.45) is 14.1 Å². The molecule has 1 aromatic carbocycles. The molecule has 0 aliphatic heterocycles. The maximum atomic E-state index is 12.2. The molecule has 0 bridgehead atoms. The molecular formula is C20H20N4O3S. The molecule has 28 heavy (non-hydrogen) atoms. The van der Waals surface area contributed by atoms with E-state index >= 15 is 0 Å². The summed E-state index contributed by atoms with van der Waals surface area (Å²) < 4.78 is 7.81. The Hall–Kier alpha value is -3.18. The molecule has 3 aromatic rings. The minimum absolute atomic E-state index is 0.0487. The largest absolute Gasteiger partial charge is 0.439 e. The van der Waals surface area contributed by atoms with Crippen LogP contribution in [0.1, 0.15) is 32.0 Å². The first-order valence-corrected chi connectivity index (χ1v) is 9.46. The molecule has 0 saturated heterocycles. The predicted octanol–water partition coefficient (Wildman–Crippen LogP) is 3.17. The van der Waals surface area contributed by atoms with Crippen molar-refractivity contribution < 1.29 is 4.74 Å². The summed E-state index contributed by atoms with van der Waals surface area (Å²) in [5, 5.41) is 12.2. The molecule has 2 aromatic heterocycles. The van der Waals surface area contributed by atoms with E-state index in [-0.39, 0.29) is 16.9 Å².